The van der Waals surface area contributed by atoms with Gasteiger partial charge in [-0.2, -0.15) is 4.72 Å². The molecule has 6 rings (SSSR count). The van der Waals surface area contributed by atoms with Crippen molar-refractivity contribution in [2.24, 2.45) is 11.8 Å². The summed E-state index contributed by atoms with van der Waals surface area (Å²) in [6, 6.07) is 3.74. The van der Waals surface area contributed by atoms with E-state index in [1.165, 1.54) is 11.0 Å². The van der Waals surface area contributed by atoms with Crippen molar-refractivity contribution in [1.82, 2.24) is 29.7 Å². The summed E-state index contributed by atoms with van der Waals surface area (Å²) in [5.74, 6) is 0.118. The molecular weight excluding hydrogens is 588 g/mol. The Labute approximate surface area is 248 Å². The van der Waals surface area contributed by atoms with E-state index in [0.29, 0.717) is 55.8 Å². The fourth-order valence-electron chi connectivity index (χ4n) is 6.67. The monoisotopic (exact) mass is 622 g/mol. The molecule has 2 bridgehead atoms. The number of sulfonamides is 1. The zero-order valence-corrected chi connectivity index (χ0v) is 25.1. The van der Waals surface area contributed by atoms with Crippen LogP contribution in [0, 0.1) is 11.8 Å². The van der Waals surface area contributed by atoms with E-state index in [2.05, 4.69) is 15.0 Å². The van der Waals surface area contributed by atoms with Crippen LogP contribution in [0.2, 0.25) is 5.15 Å². The number of likely N-dealkylation sites (tertiary alicyclic amines) is 3. The Balaban J connectivity index is 1.05. The van der Waals surface area contributed by atoms with Gasteiger partial charge in [0.25, 0.3) is 10.0 Å². The van der Waals surface area contributed by atoms with Crippen molar-refractivity contribution in [2.45, 2.75) is 54.8 Å². The largest absolute Gasteiger partial charge is 0.341 e. The van der Waals surface area contributed by atoms with Gasteiger partial charge in [-0.15, -0.1) is 11.3 Å². The van der Waals surface area contributed by atoms with Crippen molar-refractivity contribution in [3.8, 4) is 0 Å². The van der Waals surface area contributed by atoms with E-state index in [4.69, 9.17) is 11.6 Å². The van der Waals surface area contributed by atoms with Crippen molar-refractivity contribution in [1.29, 1.82) is 0 Å². The number of carbonyl (C=O) groups is 3. The molecule has 3 amide bonds. The number of hydrogen-bond acceptors (Lipinski definition) is 8. The normalized spacial score (nSPS) is 27.3. The van der Waals surface area contributed by atoms with Crippen LogP contribution in [-0.4, -0.2) is 104 Å². The smallest absolute Gasteiger partial charge is 0.250 e. The van der Waals surface area contributed by atoms with Gasteiger partial charge < -0.3 is 20.0 Å². The summed E-state index contributed by atoms with van der Waals surface area (Å²) in [7, 11) is -3.96. The molecule has 0 aromatic carbocycles. The molecule has 0 saturated carbocycles. The standard InChI is InChI=1S/C27H35ClN6O5S2/c28-23-7-6-22-21(30-23)11-25(40-22)41(38,39)31-20-5-3-9-32(27(20)37)16-24(35)33-12-17-10-18(13-33)15-34(14-17)26(36)19-4-1-2-8-29-19/h6-7,11,17-20,29,31H,1-5,8-10,12-16H2/t17?,18?,19-,20+/m1/s1. The number of thiophene rings is 1. The molecule has 2 aromatic rings. The van der Waals surface area contributed by atoms with Crippen molar-refractivity contribution >= 4 is 60.9 Å². The second kappa shape index (κ2) is 11.8. The molecule has 14 heteroatoms. The molecule has 4 aliphatic rings. The van der Waals surface area contributed by atoms with Crippen LogP contribution < -0.4 is 10.0 Å². The summed E-state index contributed by atoms with van der Waals surface area (Å²) in [6.45, 7) is 3.67. The Morgan fingerprint density at radius 2 is 1.83 bits per heavy atom. The molecule has 222 valence electrons. The fourth-order valence-corrected chi connectivity index (χ4v) is 9.39. The van der Waals surface area contributed by atoms with E-state index in [1.807, 2.05) is 9.80 Å². The number of aromatic nitrogens is 1. The average molecular weight is 623 g/mol. The number of nitrogens with one attached hydrogen (secondary N) is 2. The van der Waals surface area contributed by atoms with Gasteiger partial charge in [0.2, 0.25) is 17.7 Å². The minimum absolute atomic E-state index is 0.0647. The zero-order valence-electron chi connectivity index (χ0n) is 22.8. The van der Waals surface area contributed by atoms with E-state index >= 15 is 0 Å². The maximum Gasteiger partial charge on any atom is 0.250 e. The molecule has 0 spiro atoms. The predicted molar refractivity (Wildman–Crippen MR) is 155 cm³/mol. The predicted octanol–water partition coefficient (Wildman–Crippen LogP) is 1.67. The number of pyridine rings is 1. The molecule has 41 heavy (non-hydrogen) atoms. The van der Waals surface area contributed by atoms with Gasteiger partial charge in [-0.25, -0.2) is 13.4 Å². The maximum atomic E-state index is 13.3. The quantitative estimate of drug-likeness (QED) is 0.469. The third-order valence-electron chi connectivity index (χ3n) is 8.59. The van der Waals surface area contributed by atoms with Gasteiger partial charge in [0.05, 0.1) is 22.8 Å². The molecule has 11 nitrogen and oxygen atoms in total. The highest BCUT2D eigenvalue weighted by atomic mass is 35.5. The second-order valence-electron chi connectivity index (χ2n) is 11.7. The SMILES string of the molecule is O=C(CN1CCC[C@H](NS(=O)(=O)c2cc3nc(Cl)ccc3s2)C1=O)N1CC2CC(C1)CN(C(=O)[C@H]1CCCCN1)C2. The minimum atomic E-state index is -3.96. The lowest BCUT2D eigenvalue weighted by Crippen LogP contribution is -2.60. The molecule has 2 unspecified atom stereocenters. The Kier molecular flexibility index (Phi) is 8.25. The lowest BCUT2D eigenvalue weighted by molar-refractivity contribution is -0.147. The summed E-state index contributed by atoms with van der Waals surface area (Å²) in [4.78, 5) is 49.1. The Hall–Kier alpha value is -2.32. The molecule has 4 atom stereocenters. The first-order chi connectivity index (χ1) is 19.7. The molecule has 2 aromatic heterocycles. The van der Waals surface area contributed by atoms with Gasteiger partial charge in [-0.1, -0.05) is 18.0 Å². The number of halogens is 1. The van der Waals surface area contributed by atoms with Gasteiger partial charge in [0, 0.05) is 32.7 Å². The van der Waals surface area contributed by atoms with Crippen LogP contribution in [0.4, 0.5) is 0 Å². The highest BCUT2D eigenvalue weighted by Gasteiger charge is 2.40. The first-order valence-corrected chi connectivity index (χ1v) is 17.0. The third-order valence-corrected chi connectivity index (χ3v) is 11.8. The van der Waals surface area contributed by atoms with E-state index in [-0.39, 0.29) is 51.5 Å². The van der Waals surface area contributed by atoms with E-state index in [0.717, 1.165) is 43.6 Å². The molecule has 0 radical (unpaired) electrons. The van der Waals surface area contributed by atoms with Gasteiger partial charge >= 0.3 is 0 Å². The number of nitrogens with zero attached hydrogens (tertiary/aromatic N) is 4. The fraction of sp³-hybridized carbons (Fsp3) is 0.630. The van der Waals surface area contributed by atoms with Crippen molar-refractivity contribution in [3.05, 3.63) is 23.4 Å². The van der Waals surface area contributed by atoms with E-state index in [1.54, 1.807) is 12.1 Å². The van der Waals surface area contributed by atoms with Crippen LogP contribution in [0.3, 0.4) is 0 Å². The van der Waals surface area contributed by atoms with Crippen LogP contribution in [0.5, 0.6) is 0 Å². The van der Waals surface area contributed by atoms with Gasteiger partial charge in [-0.3, -0.25) is 14.4 Å². The summed E-state index contributed by atoms with van der Waals surface area (Å²) >= 11 is 7.00. The Morgan fingerprint density at radius 1 is 1.07 bits per heavy atom. The minimum Gasteiger partial charge on any atom is -0.341 e. The van der Waals surface area contributed by atoms with E-state index in [9.17, 15) is 22.8 Å². The molecular formula is C27H35ClN6O5S2. The lowest BCUT2D eigenvalue weighted by Gasteiger charge is -2.47. The van der Waals surface area contributed by atoms with Gasteiger partial charge in [0.1, 0.15) is 15.4 Å². The van der Waals surface area contributed by atoms with Crippen LogP contribution in [0.15, 0.2) is 22.4 Å². The highest BCUT2D eigenvalue weighted by molar-refractivity contribution is 7.91. The first-order valence-electron chi connectivity index (χ1n) is 14.3. The van der Waals surface area contributed by atoms with Gasteiger partial charge in [0.15, 0.2) is 0 Å². The number of rotatable bonds is 6. The number of amides is 3. The van der Waals surface area contributed by atoms with Crippen molar-refractivity contribution in [3.63, 3.8) is 0 Å². The summed E-state index contributed by atoms with van der Waals surface area (Å²) in [5, 5.41) is 3.62. The highest BCUT2D eigenvalue weighted by Crippen LogP contribution is 2.31. The summed E-state index contributed by atoms with van der Waals surface area (Å²) in [5.41, 5.74) is 0.481. The van der Waals surface area contributed by atoms with Crippen molar-refractivity contribution in [2.75, 3.05) is 45.8 Å². The average Bonchev–Trinajstić information content (AvgIpc) is 3.39. The molecule has 4 aliphatic heterocycles. The summed E-state index contributed by atoms with van der Waals surface area (Å²) in [6.07, 6.45) is 5.02. The zero-order chi connectivity index (χ0) is 28.7. The molecule has 0 aliphatic carbocycles. The first kappa shape index (κ1) is 28.8. The molecule has 2 N–H and O–H groups in total. The van der Waals surface area contributed by atoms with Crippen LogP contribution in [-0.2, 0) is 24.4 Å². The molecule has 6 heterocycles. The third kappa shape index (κ3) is 6.24. The topological polar surface area (TPSA) is 132 Å². The van der Waals surface area contributed by atoms with Crippen LogP contribution >= 0.6 is 22.9 Å². The van der Waals surface area contributed by atoms with Gasteiger partial charge in [-0.05, 0) is 68.7 Å². The van der Waals surface area contributed by atoms with Crippen LogP contribution in [0.25, 0.3) is 10.2 Å². The number of piperidine rings is 4. The van der Waals surface area contributed by atoms with Crippen molar-refractivity contribution < 1.29 is 22.8 Å². The molecule has 4 saturated heterocycles. The number of hydrogen-bond donors (Lipinski definition) is 2. The van der Waals surface area contributed by atoms with E-state index < -0.39 is 16.1 Å². The second-order valence-corrected chi connectivity index (χ2v) is 15.1. The molecule has 4 fully saturated rings. The maximum absolute atomic E-state index is 13.3. The number of carbonyl (C=O) groups excluding carboxylic acids is 3. The number of fused-ring (bicyclic) bond motifs is 3. The summed E-state index contributed by atoms with van der Waals surface area (Å²) < 4.78 is 29.6. The Bertz CT molecular complexity index is 1430. The van der Waals surface area contributed by atoms with Crippen LogP contribution in [0.1, 0.15) is 38.5 Å². The Morgan fingerprint density at radius 3 is 2.56 bits per heavy atom. The lowest BCUT2D eigenvalue weighted by atomic mass is 9.84.